The second kappa shape index (κ2) is 7.27. The molecule has 0 saturated carbocycles. The van der Waals surface area contributed by atoms with E-state index in [1.165, 1.54) is 0 Å². The Balaban J connectivity index is 1.54. The van der Waals surface area contributed by atoms with Crippen LogP contribution in [0, 0.1) is 5.92 Å². The fourth-order valence-corrected chi connectivity index (χ4v) is 3.44. The van der Waals surface area contributed by atoms with Crippen LogP contribution in [0.25, 0.3) is 0 Å². The normalized spacial score (nSPS) is 18.4. The van der Waals surface area contributed by atoms with Gasteiger partial charge in [0.05, 0.1) is 6.54 Å². The first kappa shape index (κ1) is 16.2. The molecule has 1 atom stereocenters. The number of aromatic nitrogens is 4. The van der Waals surface area contributed by atoms with Crippen molar-refractivity contribution in [3.05, 3.63) is 36.4 Å². The summed E-state index contributed by atoms with van der Waals surface area (Å²) < 4.78 is 4.16. The molecule has 1 aliphatic heterocycles. The highest BCUT2D eigenvalue weighted by atomic mass is 16.3. The summed E-state index contributed by atoms with van der Waals surface area (Å²) in [6.07, 6.45) is 10.3. The summed E-state index contributed by atoms with van der Waals surface area (Å²) in [6.45, 7) is 6.13. The topological polar surface area (TPSA) is 59.1 Å². The molecule has 23 heavy (non-hydrogen) atoms. The third-order valence-electron chi connectivity index (χ3n) is 4.83. The molecule has 0 unspecified atom stereocenters. The van der Waals surface area contributed by atoms with Gasteiger partial charge in [-0.05, 0) is 38.3 Å². The van der Waals surface area contributed by atoms with Gasteiger partial charge in [0.1, 0.15) is 17.8 Å². The van der Waals surface area contributed by atoms with Crippen molar-refractivity contribution >= 4 is 0 Å². The van der Waals surface area contributed by atoms with Crippen LogP contribution in [0.5, 0.6) is 0 Å². The molecule has 0 amide bonds. The number of rotatable bonds is 6. The minimum absolute atomic E-state index is 0.294. The number of aryl methyl sites for hydroxylation is 2. The minimum Gasteiger partial charge on any atom is -0.385 e. The van der Waals surface area contributed by atoms with Crippen molar-refractivity contribution in [1.82, 2.24) is 24.0 Å². The first-order valence-corrected chi connectivity index (χ1v) is 8.56. The van der Waals surface area contributed by atoms with E-state index in [2.05, 4.69) is 32.6 Å². The molecule has 0 spiro atoms. The Hall–Kier alpha value is -1.66. The summed E-state index contributed by atoms with van der Waals surface area (Å²) in [5.41, 5.74) is 0. The van der Waals surface area contributed by atoms with Crippen LogP contribution in [0.4, 0.5) is 0 Å². The van der Waals surface area contributed by atoms with Crippen molar-refractivity contribution < 1.29 is 5.11 Å². The van der Waals surface area contributed by atoms with Crippen LogP contribution in [-0.2, 0) is 20.1 Å². The van der Waals surface area contributed by atoms with Crippen LogP contribution in [0.15, 0.2) is 24.8 Å². The average Bonchev–Trinajstić information content (AvgIpc) is 3.17. The molecule has 6 nitrogen and oxygen atoms in total. The molecular weight excluding hydrogens is 290 g/mol. The van der Waals surface area contributed by atoms with Crippen molar-refractivity contribution in [3.8, 4) is 0 Å². The Kier molecular flexibility index (Phi) is 5.13. The van der Waals surface area contributed by atoms with Crippen molar-refractivity contribution in [2.75, 3.05) is 13.1 Å². The molecule has 3 rings (SSSR count). The Labute approximate surface area is 137 Å². The van der Waals surface area contributed by atoms with E-state index in [1.54, 1.807) is 6.20 Å². The average molecular weight is 317 g/mol. The SMILES string of the molecule is CCCn1ccnc1CN1CCC([C@@H](O)c2nccn2C)CC1. The van der Waals surface area contributed by atoms with Gasteiger partial charge >= 0.3 is 0 Å². The Morgan fingerprint density at radius 2 is 1.96 bits per heavy atom. The van der Waals surface area contributed by atoms with E-state index in [0.717, 1.165) is 57.1 Å². The van der Waals surface area contributed by atoms with Gasteiger partial charge in [-0.15, -0.1) is 0 Å². The molecule has 1 fully saturated rings. The molecule has 126 valence electrons. The Morgan fingerprint density at radius 3 is 2.61 bits per heavy atom. The number of imidazole rings is 2. The van der Waals surface area contributed by atoms with Gasteiger partial charge in [0, 0.05) is 38.4 Å². The third-order valence-corrected chi connectivity index (χ3v) is 4.83. The van der Waals surface area contributed by atoms with Crippen LogP contribution in [0.2, 0.25) is 0 Å². The molecule has 1 saturated heterocycles. The first-order valence-electron chi connectivity index (χ1n) is 8.56. The van der Waals surface area contributed by atoms with Gasteiger partial charge in [-0.25, -0.2) is 9.97 Å². The predicted molar refractivity (Wildman–Crippen MR) is 88.7 cm³/mol. The summed E-state index contributed by atoms with van der Waals surface area (Å²) in [5.74, 6) is 2.22. The van der Waals surface area contributed by atoms with Gasteiger partial charge in [-0.2, -0.15) is 0 Å². The van der Waals surface area contributed by atoms with Crippen LogP contribution in [0.3, 0.4) is 0 Å². The van der Waals surface area contributed by atoms with Gasteiger partial charge in [0.25, 0.3) is 0 Å². The maximum atomic E-state index is 10.6. The van der Waals surface area contributed by atoms with Crippen LogP contribution >= 0.6 is 0 Å². The molecule has 0 radical (unpaired) electrons. The molecule has 6 heteroatoms. The molecule has 0 aromatic carbocycles. The second-order valence-corrected chi connectivity index (χ2v) is 6.49. The highest BCUT2D eigenvalue weighted by molar-refractivity contribution is 4.99. The highest BCUT2D eigenvalue weighted by Crippen LogP contribution is 2.30. The van der Waals surface area contributed by atoms with E-state index in [-0.39, 0.29) is 0 Å². The van der Waals surface area contributed by atoms with Crippen LogP contribution in [-0.4, -0.2) is 42.2 Å². The summed E-state index contributed by atoms with van der Waals surface area (Å²) in [6, 6.07) is 0. The maximum absolute atomic E-state index is 10.6. The van der Waals surface area contributed by atoms with Gasteiger partial charge in [0.2, 0.25) is 0 Å². The molecule has 0 bridgehead atoms. The van der Waals surface area contributed by atoms with Gasteiger partial charge < -0.3 is 14.2 Å². The smallest absolute Gasteiger partial charge is 0.137 e. The lowest BCUT2D eigenvalue weighted by molar-refractivity contribution is 0.0483. The Morgan fingerprint density at radius 1 is 1.22 bits per heavy atom. The van der Waals surface area contributed by atoms with Gasteiger partial charge in [0.15, 0.2) is 0 Å². The third kappa shape index (κ3) is 3.64. The lowest BCUT2D eigenvalue weighted by Crippen LogP contribution is -2.36. The maximum Gasteiger partial charge on any atom is 0.137 e. The van der Waals surface area contributed by atoms with Crippen molar-refractivity contribution in [2.45, 2.75) is 45.4 Å². The second-order valence-electron chi connectivity index (χ2n) is 6.49. The molecular formula is C17H27N5O. The van der Waals surface area contributed by atoms with Crippen molar-refractivity contribution in [1.29, 1.82) is 0 Å². The van der Waals surface area contributed by atoms with Crippen LogP contribution < -0.4 is 0 Å². The van der Waals surface area contributed by atoms with E-state index < -0.39 is 6.10 Å². The van der Waals surface area contributed by atoms with Crippen molar-refractivity contribution in [2.24, 2.45) is 13.0 Å². The predicted octanol–water partition coefficient (Wildman–Crippen LogP) is 1.97. The number of aliphatic hydroxyl groups is 1. The zero-order valence-corrected chi connectivity index (χ0v) is 14.1. The highest BCUT2D eigenvalue weighted by Gasteiger charge is 2.28. The van der Waals surface area contributed by atoms with E-state index in [1.807, 2.05) is 24.0 Å². The lowest BCUT2D eigenvalue weighted by atomic mass is 9.90. The van der Waals surface area contributed by atoms with E-state index in [4.69, 9.17) is 0 Å². The van der Waals surface area contributed by atoms with E-state index >= 15 is 0 Å². The number of nitrogens with zero attached hydrogens (tertiary/aromatic N) is 5. The van der Waals surface area contributed by atoms with E-state index in [9.17, 15) is 5.11 Å². The quantitative estimate of drug-likeness (QED) is 0.885. The summed E-state index contributed by atoms with van der Waals surface area (Å²) in [4.78, 5) is 11.2. The summed E-state index contributed by atoms with van der Waals surface area (Å²) in [7, 11) is 1.94. The molecule has 0 aliphatic carbocycles. The largest absolute Gasteiger partial charge is 0.385 e. The van der Waals surface area contributed by atoms with Crippen LogP contribution in [0.1, 0.15) is 43.9 Å². The fourth-order valence-electron chi connectivity index (χ4n) is 3.44. The van der Waals surface area contributed by atoms with Crippen molar-refractivity contribution in [3.63, 3.8) is 0 Å². The van der Waals surface area contributed by atoms with E-state index in [0.29, 0.717) is 5.92 Å². The number of likely N-dealkylation sites (tertiary alicyclic amines) is 1. The molecule has 1 aliphatic rings. The van der Waals surface area contributed by atoms with Gasteiger partial charge in [-0.1, -0.05) is 6.92 Å². The standard InChI is InChI=1S/C17H27N5O/c1-3-8-22-12-7-18-15(22)13-21-9-4-14(5-10-21)16(23)17-19-6-11-20(17)2/h6-7,11-12,14,16,23H,3-5,8-10,13H2,1-2H3/t16-/m1/s1. The number of hydrogen-bond acceptors (Lipinski definition) is 4. The number of hydrogen-bond donors (Lipinski definition) is 1. The molecule has 2 aromatic rings. The number of piperidine rings is 1. The molecule has 1 N–H and O–H groups in total. The minimum atomic E-state index is -0.459. The first-order chi connectivity index (χ1) is 11.2. The zero-order valence-electron chi connectivity index (χ0n) is 14.1. The monoisotopic (exact) mass is 317 g/mol. The van der Waals surface area contributed by atoms with Gasteiger partial charge in [-0.3, -0.25) is 4.90 Å². The zero-order chi connectivity index (χ0) is 16.2. The summed E-state index contributed by atoms with van der Waals surface area (Å²) in [5, 5.41) is 10.6. The fraction of sp³-hybridized carbons (Fsp3) is 0.647. The molecule has 3 heterocycles. The lowest BCUT2D eigenvalue weighted by Gasteiger charge is -2.33. The molecule has 2 aromatic heterocycles. The summed E-state index contributed by atoms with van der Waals surface area (Å²) >= 11 is 0. The number of aliphatic hydroxyl groups excluding tert-OH is 1. The Bertz CT molecular complexity index is 612.